The number of carbonyl (C=O) groups is 1. The monoisotopic (exact) mass is 340 g/mol. The van der Waals surface area contributed by atoms with Gasteiger partial charge in [-0.05, 0) is 18.2 Å². The zero-order valence-electron chi connectivity index (χ0n) is 10.3. The molecule has 104 valence electrons. The molecule has 7 heteroatoms. The van der Waals surface area contributed by atoms with Crippen LogP contribution in [0.2, 0.25) is 0 Å². The van der Waals surface area contributed by atoms with Crippen LogP contribution in [0.4, 0.5) is 4.39 Å². The molecular formula is C13H10BrFN2O3. The average Bonchev–Trinajstić information content (AvgIpc) is 2.91. The van der Waals surface area contributed by atoms with Crippen molar-refractivity contribution in [1.82, 2.24) is 10.1 Å². The van der Waals surface area contributed by atoms with E-state index in [2.05, 4.69) is 26.1 Å². The number of hydrogen-bond donors (Lipinski definition) is 0. The molecule has 0 aliphatic carbocycles. The van der Waals surface area contributed by atoms with Crippen LogP contribution < -0.4 is 0 Å². The quantitative estimate of drug-likeness (QED) is 0.840. The van der Waals surface area contributed by atoms with Gasteiger partial charge in [0.05, 0.1) is 13.2 Å². The molecule has 0 spiro atoms. The van der Waals surface area contributed by atoms with Crippen molar-refractivity contribution in [2.75, 3.05) is 13.2 Å². The number of nitrogens with zero attached hydrogens (tertiary/aromatic N) is 2. The molecule has 0 amide bonds. The molecule has 2 aromatic rings. The molecule has 0 N–H and O–H groups in total. The van der Waals surface area contributed by atoms with Gasteiger partial charge in [0.15, 0.2) is 0 Å². The molecular weight excluding hydrogens is 331 g/mol. The molecule has 5 nitrogen and oxygen atoms in total. The lowest BCUT2D eigenvalue weighted by atomic mass is 10.0. The molecule has 2 heterocycles. The maximum absolute atomic E-state index is 13.3. The van der Waals surface area contributed by atoms with E-state index in [1.165, 1.54) is 12.1 Å². The van der Waals surface area contributed by atoms with Crippen LogP contribution in [-0.2, 0) is 9.53 Å². The van der Waals surface area contributed by atoms with Crippen molar-refractivity contribution in [3.05, 3.63) is 34.4 Å². The SMILES string of the molecule is O=C1CCOCC1c1nc(-c2cc(F)ccc2Br)no1. The van der Waals surface area contributed by atoms with Crippen LogP contribution in [-0.4, -0.2) is 29.1 Å². The van der Waals surface area contributed by atoms with Gasteiger partial charge in [0.25, 0.3) is 0 Å². The molecule has 1 aliphatic heterocycles. The third-order valence-corrected chi connectivity index (χ3v) is 3.77. The summed E-state index contributed by atoms with van der Waals surface area (Å²) in [4.78, 5) is 16.0. The van der Waals surface area contributed by atoms with Crippen molar-refractivity contribution in [3.63, 3.8) is 0 Å². The van der Waals surface area contributed by atoms with Crippen molar-refractivity contribution in [2.24, 2.45) is 0 Å². The normalized spacial score (nSPS) is 19.3. The van der Waals surface area contributed by atoms with E-state index in [0.717, 1.165) is 0 Å². The molecule has 3 rings (SSSR count). The van der Waals surface area contributed by atoms with Gasteiger partial charge >= 0.3 is 0 Å². The Kier molecular flexibility index (Phi) is 3.62. The van der Waals surface area contributed by atoms with E-state index in [1.807, 2.05) is 0 Å². The van der Waals surface area contributed by atoms with Gasteiger partial charge in [0, 0.05) is 16.5 Å². The van der Waals surface area contributed by atoms with Gasteiger partial charge < -0.3 is 9.26 Å². The first-order valence-electron chi connectivity index (χ1n) is 6.04. The summed E-state index contributed by atoms with van der Waals surface area (Å²) < 4.78 is 24.3. The third-order valence-electron chi connectivity index (χ3n) is 3.08. The number of ketones is 1. The molecule has 1 aliphatic rings. The highest BCUT2D eigenvalue weighted by molar-refractivity contribution is 9.10. The van der Waals surface area contributed by atoms with Crippen LogP contribution in [0.1, 0.15) is 18.2 Å². The topological polar surface area (TPSA) is 65.2 Å². The first kappa shape index (κ1) is 13.4. The summed E-state index contributed by atoms with van der Waals surface area (Å²) in [6, 6.07) is 4.20. The van der Waals surface area contributed by atoms with E-state index in [0.29, 0.717) is 23.1 Å². The second-order valence-corrected chi connectivity index (χ2v) is 5.28. The summed E-state index contributed by atoms with van der Waals surface area (Å²) in [6.07, 6.45) is 0.339. The molecule has 1 fully saturated rings. The molecule has 1 atom stereocenters. The lowest BCUT2D eigenvalue weighted by Gasteiger charge is -2.17. The van der Waals surface area contributed by atoms with E-state index >= 15 is 0 Å². The highest BCUT2D eigenvalue weighted by Gasteiger charge is 2.30. The second-order valence-electron chi connectivity index (χ2n) is 4.42. The highest BCUT2D eigenvalue weighted by Crippen LogP contribution is 2.29. The maximum Gasteiger partial charge on any atom is 0.239 e. The Morgan fingerprint density at radius 3 is 3.05 bits per heavy atom. The maximum atomic E-state index is 13.3. The minimum atomic E-state index is -0.530. The number of rotatable bonds is 2. The Bertz CT molecular complexity index is 659. The minimum Gasteiger partial charge on any atom is -0.380 e. The molecule has 0 radical (unpaired) electrons. The zero-order chi connectivity index (χ0) is 14.1. The Hall–Kier alpha value is -1.60. The first-order valence-corrected chi connectivity index (χ1v) is 6.84. The van der Waals surface area contributed by atoms with Crippen molar-refractivity contribution in [1.29, 1.82) is 0 Å². The summed E-state index contributed by atoms with van der Waals surface area (Å²) in [5.41, 5.74) is 0.476. The highest BCUT2D eigenvalue weighted by atomic mass is 79.9. The Morgan fingerprint density at radius 1 is 1.40 bits per heavy atom. The average molecular weight is 341 g/mol. The summed E-state index contributed by atoms with van der Waals surface area (Å²) >= 11 is 3.30. The van der Waals surface area contributed by atoms with Gasteiger partial charge in [-0.3, -0.25) is 4.79 Å². The first-order chi connectivity index (χ1) is 9.65. The lowest BCUT2D eigenvalue weighted by Crippen LogP contribution is -2.25. The number of Topliss-reactive ketones (excluding diaryl/α,β-unsaturated/α-hetero) is 1. The Labute approximate surface area is 122 Å². The van der Waals surface area contributed by atoms with Crippen molar-refractivity contribution >= 4 is 21.7 Å². The standard InChI is InChI=1S/C13H10BrFN2O3/c14-10-2-1-7(15)5-8(10)12-16-13(20-17-12)9-6-19-4-3-11(9)18/h1-2,5,9H,3-4,6H2. The van der Waals surface area contributed by atoms with Crippen molar-refractivity contribution in [3.8, 4) is 11.4 Å². The van der Waals surface area contributed by atoms with Gasteiger partial charge in [0.1, 0.15) is 17.5 Å². The van der Waals surface area contributed by atoms with E-state index in [1.54, 1.807) is 6.07 Å². The molecule has 1 aromatic heterocycles. The Morgan fingerprint density at radius 2 is 2.25 bits per heavy atom. The van der Waals surface area contributed by atoms with Gasteiger partial charge in [-0.2, -0.15) is 4.98 Å². The smallest absolute Gasteiger partial charge is 0.239 e. The molecule has 1 aromatic carbocycles. The number of aromatic nitrogens is 2. The zero-order valence-corrected chi connectivity index (χ0v) is 11.9. The predicted octanol–water partition coefficient (Wildman–Crippen LogP) is 2.71. The van der Waals surface area contributed by atoms with Crippen LogP contribution in [0.3, 0.4) is 0 Å². The largest absolute Gasteiger partial charge is 0.380 e. The van der Waals surface area contributed by atoms with E-state index < -0.39 is 11.7 Å². The fraction of sp³-hybridized carbons (Fsp3) is 0.308. The number of hydrogen-bond acceptors (Lipinski definition) is 5. The van der Waals surface area contributed by atoms with Crippen LogP contribution in [0.25, 0.3) is 11.4 Å². The Balaban J connectivity index is 1.93. The van der Waals surface area contributed by atoms with Gasteiger partial charge in [-0.25, -0.2) is 4.39 Å². The molecule has 1 saturated heterocycles. The number of halogens is 2. The third kappa shape index (κ3) is 2.51. The van der Waals surface area contributed by atoms with Crippen LogP contribution in [0.15, 0.2) is 27.2 Å². The van der Waals surface area contributed by atoms with E-state index in [9.17, 15) is 9.18 Å². The second kappa shape index (κ2) is 5.41. The summed E-state index contributed by atoms with van der Waals surface area (Å²) in [5, 5.41) is 3.81. The number of benzene rings is 1. The predicted molar refractivity (Wildman–Crippen MR) is 70.6 cm³/mol. The van der Waals surface area contributed by atoms with Gasteiger partial charge in [0.2, 0.25) is 11.7 Å². The van der Waals surface area contributed by atoms with Crippen LogP contribution >= 0.6 is 15.9 Å². The molecule has 1 unspecified atom stereocenters. The van der Waals surface area contributed by atoms with Crippen molar-refractivity contribution in [2.45, 2.75) is 12.3 Å². The summed E-state index contributed by atoms with van der Waals surface area (Å²) in [6.45, 7) is 0.663. The van der Waals surface area contributed by atoms with Crippen molar-refractivity contribution < 1.29 is 18.4 Å². The number of ether oxygens (including phenoxy) is 1. The van der Waals surface area contributed by atoms with E-state index in [4.69, 9.17) is 9.26 Å². The summed E-state index contributed by atoms with van der Waals surface area (Å²) in [7, 11) is 0. The van der Waals surface area contributed by atoms with Crippen LogP contribution in [0.5, 0.6) is 0 Å². The molecule has 0 bridgehead atoms. The fourth-order valence-corrected chi connectivity index (χ4v) is 2.43. The van der Waals surface area contributed by atoms with Gasteiger partial charge in [-0.1, -0.05) is 21.1 Å². The summed E-state index contributed by atoms with van der Waals surface area (Å²) in [5.74, 6) is -0.459. The lowest BCUT2D eigenvalue weighted by molar-refractivity contribution is -0.127. The minimum absolute atomic E-state index is 0.0183. The van der Waals surface area contributed by atoms with Gasteiger partial charge in [-0.15, -0.1) is 0 Å². The molecule has 0 saturated carbocycles. The molecule has 20 heavy (non-hydrogen) atoms. The van der Waals surface area contributed by atoms with Crippen LogP contribution in [0, 0.1) is 5.82 Å². The number of carbonyl (C=O) groups excluding carboxylic acids is 1. The fourth-order valence-electron chi connectivity index (χ4n) is 2.01. The van der Waals surface area contributed by atoms with E-state index in [-0.39, 0.29) is 24.1 Å².